The van der Waals surface area contributed by atoms with Crippen LogP contribution in [-0.2, 0) is 16.1 Å². The summed E-state index contributed by atoms with van der Waals surface area (Å²) < 4.78 is 8.10. The van der Waals surface area contributed by atoms with Crippen LogP contribution < -0.4 is 10.7 Å². The highest BCUT2D eigenvalue weighted by atomic mass is 79.9. The molecule has 1 saturated heterocycles. The Labute approximate surface area is 188 Å². The molecule has 0 unspecified atom stereocenters. The van der Waals surface area contributed by atoms with Crippen LogP contribution in [-0.4, -0.2) is 53.9 Å². The zero-order chi connectivity index (χ0) is 21.6. The molecule has 1 aromatic heterocycles. The fraction of sp³-hybridized carbons (Fsp3) is 0.227. The Morgan fingerprint density at radius 3 is 2.74 bits per heavy atom. The van der Waals surface area contributed by atoms with E-state index in [1.807, 2.05) is 52.1 Å². The van der Waals surface area contributed by atoms with Crippen LogP contribution in [0.3, 0.4) is 0 Å². The molecule has 8 nitrogen and oxygen atoms in total. The number of amides is 3. The SMILES string of the molecule is O=C(N/N=C/c1cn(CC(=O)N2CCOCC2)c2ccccc12)Nc1cccc(Br)c1. The van der Waals surface area contributed by atoms with Gasteiger partial charge in [0.25, 0.3) is 0 Å². The van der Waals surface area contributed by atoms with Crippen molar-refractivity contribution in [1.29, 1.82) is 0 Å². The van der Waals surface area contributed by atoms with E-state index in [-0.39, 0.29) is 12.5 Å². The number of benzene rings is 2. The maximum atomic E-state index is 12.7. The third-order valence-electron chi connectivity index (χ3n) is 4.94. The van der Waals surface area contributed by atoms with E-state index >= 15 is 0 Å². The largest absolute Gasteiger partial charge is 0.378 e. The number of urea groups is 1. The van der Waals surface area contributed by atoms with Gasteiger partial charge in [-0.2, -0.15) is 5.10 Å². The van der Waals surface area contributed by atoms with E-state index in [1.165, 1.54) is 0 Å². The van der Waals surface area contributed by atoms with Crippen LogP contribution in [0.15, 0.2) is 64.3 Å². The van der Waals surface area contributed by atoms with Gasteiger partial charge in [0.05, 0.1) is 19.4 Å². The number of rotatable bonds is 5. The third kappa shape index (κ3) is 5.31. The fourth-order valence-corrected chi connectivity index (χ4v) is 3.85. The highest BCUT2D eigenvalue weighted by Gasteiger charge is 2.18. The van der Waals surface area contributed by atoms with Crippen LogP contribution in [0.4, 0.5) is 10.5 Å². The monoisotopic (exact) mass is 483 g/mol. The van der Waals surface area contributed by atoms with Gasteiger partial charge in [0.2, 0.25) is 5.91 Å². The normalized spacial score (nSPS) is 14.2. The predicted molar refractivity (Wildman–Crippen MR) is 123 cm³/mol. The summed E-state index contributed by atoms with van der Waals surface area (Å²) in [5.41, 5.74) is 4.87. The van der Waals surface area contributed by atoms with Gasteiger partial charge in [-0.05, 0) is 24.3 Å². The summed E-state index contributed by atoms with van der Waals surface area (Å²) in [6.07, 6.45) is 3.46. The molecular formula is C22H22BrN5O3. The van der Waals surface area contributed by atoms with Crippen LogP contribution in [0.1, 0.15) is 5.56 Å². The summed E-state index contributed by atoms with van der Waals surface area (Å²) in [6, 6.07) is 14.6. The minimum absolute atomic E-state index is 0.0547. The van der Waals surface area contributed by atoms with Crippen LogP contribution in [0.25, 0.3) is 10.9 Å². The standard InChI is InChI=1S/C22H22BrN5O3/c23-17-4-3-5-18(12-17)25-22(30)26-24-13-16-14-28(20-7-2-1-6-19(16)20)15-21(29)27-8-10-31-11-9-27/h1-7,12-14H,8-11,15H2,(H2,25,26,30)/b24-13+. The Hall–Kier alpha value is -3.17. The Morgan fingerprint density at radius 2 is 1.94 bits per heavy atom. The van der Waals surface area contributed by atoms with E-state index in [1.54, 1.807) is 18.3 Å². The zero-order valence-electron chi connectivity index (χ0n) is 16.8. The van der Waals surface area contributed by atoms with E-state index in [4.69, 9.17) is 4.74 Å². The lowest BCUT2D eigenvalue weighted by Gasteiger charge is -2.27. The zero-order valence-corrected chi connectivity index (χ0v) is 18.3. The van der Waals surface area contributed by atoms with Gasteiger partial charge in [0, 0.05) is 45.9 Å². The summed E-state index contributed by atoms with van der Waals surface area (Å²) in [7, 11) is 0. The average molecular weight is 484 g/mol. The summed E-state index contributed by atoms with van der Waals surface area (Å²) in [5, 5.41) is 7.74. The highest BCUT2D eigenvalue weighted by Crippen LogP contribution is 2.20. The molecule has 1 aliphatic rings. The van der Waals surface area contributed by atoms with Crippen molar-refractivity contribution in [2.45, 2.75) is 6.54 Å². The molecular weight excluding hydrogens is 462 g/mol. The number of hydrogen-bond acceptors (Lipinski definition) is 4. The summed E-state index contributed by atoms with van der Waals surface area (Å²) in [6.45, 7) is 2.62. The van der Waals surface area contributed by atoms with Gasteiger partial charge in [0.1, 0.15) is 6.54 Å². The number of anilines is 1. The Kier molecular flexibility index (Phi) is 6.63. The van der Waals surface area contributed by atoms with Crippen LogP contribution in [0, 0.1) is 0 Å². The van der Waals surface area contributed by atoms with Crippen molar-refractivity contribution in [3.8, 4) is 0 Å². The highest BCUT2D eigenvalue weighted by molar-refractivity contribution is 9.10. The molecule has 0 saturated carbocycles. The first-order valence-corrected chi connectivity index (χ1v) is 10.7. The predicted octanol–water partition coefficient (Wildman–Crippen LogP) is 3.42. The Morgan fingerprint density at radius 1 is 1.13 bits per heavy atom. The van der Waals surface area contributed by atoms with Crippen LogP contribution in [0.5, 0.6) is 0 Å². The number of morpholine rings is 1. The van der Waals surface area contributed by atoms with Gasteiger partial charge in [-0.15, -0.1) is 0 Å². The van der Waals surface area contributed by atoms with Crippen molar-refractivity contribution in [1.82, 2.24) is 14.9 Å². The number of carbonyl (C=O) groups excluding carboxylic acids is 2. The molecule has 31 heavy (non-hydrogen) atoms. The number of nitrogens with zero attached hydrogens (tertiary/aromatic N) is 3. The van der Waals surface area contributed by atoms with Crippen molar-refractivity contribution in [2.75, 3.05) is 31.6 Å². The van der Waals surface area contributed by atoms with Crippen LogP contribution in [0.2, 0.25) is 0 Å². The van der Waals surface area contributed by atoms with Gasteiger partial charge >= 0.3 is 6.03 Å². The minimum Gasteiger partial charge on any atom is -0.378 e. The van der Waals surface area contributed by atoms with E-state index in [0.717, 1.165) is 20.9 Å². The lowest BCUT2D eigenvalue weighted by atomic mass is 10.2. The molecule has 4 rings (SSSR count). The molecule has 2 heterocycles. The number of ether oxygens (including phenoxy) is 1. The van der Waals surface area contributed by atoms with Crippen molar-refractivity contribution in [3.63, 3.8) is 0 Å². The summed E-state index contributed by atoms with van der Waals surface area (Å²) >= 11 is 3.37. The number of fused-ring (bicyclic) bond motifs is 1. The first kappa shape index (κ1) is 21.1. The molecule has 1 aliphatic heterocycles. The van der Waals surface area contributed by atoms with Gasteiger partial charge in [-0.1, -0.05) is 40.2 Å². The average Bonchev–Trinajstić information content (AvgIpc) is 3.12. The Bertz CT molecular complexity index is 1120. The number of nitrogens with one attached hydrogen (secondary N) is 2. The molecule has 0 radical (unpaired) electrons. The van der Waals surface area contributed by atoms with Crippen molar-refractivity contribution < 1.29 is 14.3 Å². The lowest BCUT2D eigenvalue weighted by Crippen LogP contribution is -2.42. The first-order chi connectivity index (χ1) is 15.1. The molecule has 2 N–H and O–H groups in total. The number of carbonyl (C=O) groups is 2. The second-order valence-electron chi connectivity index (χ2n) is 7.06. The van der Waals surface area contributed by atoms with E-state index < -0.39 is 6.03 Å². The van der Waals surface area contributed by atoms with Gasteiger partial charge in [-0.25, -0.2) is 10.2 Å². The van der Waals surface area contributed by atoms with Crippen molar-refractivity contribution >= 4 is 50.7 Å². The number of hydrazone groups is 1. The molecule has 0 aliphatic carbocycles. The minimum atomic E-state index is -0.444. The number of para-hydroxylation sites is 1. The molecule has 0 bridgehead atoms. The van der Waals surface area contributed by atoms with Crippen molar-refractivity contribution in [2.24, 2.45) is 5.10 Å². The number of hydrogen-bond donors (Lipinski definition) is 2. The summed E-state index contributed by atoms with van der Waals surface area (Å²) in [4.78, 5) is 26.6. The maximum Gasteiger partial charge on any atom is 0.339 e. The van der Waals surface area contributed by atoms with Crippen molar-refractivity contribution in [3.05, 3.63) is 64.8 Å². The quantitative estimate of drug-likeness (QED) is 0.430. The second-order valence-corrected chi connectivity index (χ2v) is 7.97. The van der Waals surface area contributed by atoms with Crippen LogP contribution >= 0.6 is 15.9 Å². The first-order valence-electron chi connectivity index (χ1n) is 9.89. The lowest BCUT2D eigenvalue weighted by molar-refractivity contribution is -0.135. The third-order valence-corrected chi connectivity index (χ3v) is 5.43. The molecule has 3 amide bonds. The van der Waals surface area contributed by atoms with E-state index in [0.29, 0.717) is 32.0 Å². The number of halogens is 1. The Balaban J connectivity index is 1.45. The molecule has 1 fully saturated rings. The molecule has 9 heteroatoms. The molecule has 0 atom stereocenters. The van der Waals surface area contributed by atoms with Gasteiger partial charge in [0.15, 0.2) is 0 Å². The number of aromatic nitrogens is 1. The van der Waals surface area contributed by atoms with E-state index in [2.05, 4.69) is 31.8 Å². The summed E-state index contributed by atoms with van der Waals surface area (Å²) in [5.74, 6) is 0.0547. The second kappa shape index (κ2) is 9.76. The van der Waals surface area contributed by atoms with Gasteiger partial charge in [-0.3, -0.25) is 4.79 Å². The molecule has 3 aromatic rings. The molecule has 160 valence electrons. The topological polar surface area (TPSA) is 88.0 Å². The van der Waals surface area contributed by atoms with Gasteiger partial charge < -0.3 is 19.5 Å². The molecule has 0 spiro atoms. The smallest absolute Gasteiger partial charge is 0.339 e. The van der Waals surface area contributed by atoms with E-state index in [9.17, 15) is 9.59 Å². The molecule has 2 aromatic carbocycles. The fourth-order valence-electron chi connectivity index (χ4n) is 3.45. The maximum absolute atomic E-state index is 12.7.